The molecule has 1 fully saturated rings. The molecule has 2 amide bonds. The minimum Gasteiger partial charge on any atom is -0.368 e. The summed E-state index contributed by atoms with van der Waals surface area (Å²) in [6.45, 7) is 7.04. The number of benzene rings is 2. The van der Waals surface area contributed by atoms with Crippen molar-refractivity contribution in [3.63, 3.8) is 0 Å². The molecular formula is C29H30F3N5O2. The first-order chi connectivity index (χ1) is 18.6. The number of pyridine rings is 1. The number of likely N-dealkylation sites (N-methyl/N-ethyl adjacent to an activating group) is 1. The predicted octanol–water partition coefficient (Wildman–Crippen LogP) is 5.45. The average molecular weight is 538 g/mol. The number of piperazine rings is 1. The third-order valence-electron chi connectivity index (χ3n) is 6.59. The highest BCUT2D eigenvalue weighted by Gasteiger charge is 2.36. The van der Waals surface area contributed by atoms with Crippen LogP contribution >= 0.6 is 0 Å². The summed E-state index contributed by atoms with van der Waals surface area (Å²) in [7, 11) is 0. The highest BCUT2D eigenvalue weighted by atomic mass is 19.4. The molecule has 4 rings (SSSR count). The first kappa shape index (κ1) is 27.8. The Bertz CT molecular complexity index is 1350. The lowest BCUT2D eigenvalue weighted by Gasteiger charge is -2.36. The van der Waals surface area contributed by atoms with Gasteiger partial charge in [-0.1, -0.05) is 19.1 Å². The molecule has 1 saturated heterocycles. The topological polar surface area (TPSA) is 77.6 Å². The van der Waals surface area contributed by atoms with Gasteiger partial charge < -0.3 is 20.4 Å². The summed E-state index contributed by atoms with van der Waals surface area (Å²) in [4.78, 5) is 33.3. The minimum absolute atomic E-state index is 0.0360. The fourth-order valence-corrected chi connectivity index (χ4v) is 4.34. The number of aromatic nitrogens is 1. The Kier molecular flexibility index (Phi) is 8.65. The largest absolute Gasteiger partial charge is 0.418 e. The van der Waals surface area contributed by atoms with Gasteiger partial charge in [-0.25, -0.2) is 0 Å². The quantitative estimate of drug-likeness (QED) is 0.392. The molecule has 1 aliphatic rings. The highest BCUT2D eigenvalue weighted by molar-refractivity contribution is 6.07. The van der Waals surface area contributed by atoms with Gasteiger partial charge >= 0.3 is 6.18 Å². The zero-order valence-corrected chi connectivity index (χ0v) is 21.8. The minimum atomic E-state index is -4.58. The Morgan fingerprint density at radius 2 is 1.79 bits per heavy atom. The molecule has 3 aromatic rings. The maximum Gasteiger partial charge on any atom is 0.418 e. The second kappa shape index (κ2) is 12.1. The summed E-state index contributed by atoms with van der Waals surface area (Å²) >= 11 is 0. The number of halogens is 3. The predicted molar refractivity (Wildman–Crippen MR) is 147 cm³/mol. The second-order valence-electron chi connectivity index (χ2n) is 9.24. The third kappa shape index (κ3) is 7.23. The van der Waals surface area contributed by atoms with Gasteiger partial charge in [-0.3, -0.25) is 14.6 Å². The van der Waals surface area contributed by atoms with E-state index in [-0.39, 0.29) is 16.9 Å². The molecule has 0 radical (unpaired) electrons. The molecule has 10 heteroatoms. The number of aryl methyl sites for hydroxylation is 1. The highest BCUT2D eigenvalue weighted by Crippen LogP contribution is 2.38. The second-order valence-corrected chi connectivity index (χ2v) is 9.24. The molecule has 0 atom stereocenters. The van der Waals surface area contributed by atoms with Gasteiger partial charge in [0.25, 0.3) is 5.91 Å². The van der Waals surface area contributed by atoms with Crippen LogP contribution in [0.2, 0.25) is 0 Å². The Labute approximate surface area is 225 Å². The van der Waals surface area contributed by atoms with Crippen LogP contribution in [0.1, 0.15) is 34.0 Å². The summed E-state index contributed by atoms with van der Waals surface area (Å²) in [5.41, 5.74) is 1.44. The first-order valence-corrected chi connectivity index (χ1v) is 12.6. The number of amides is 2. The van der Waals surface area contributed by atoms with Crippen LogP contribution in [-0.4, -0.2) is 54.4 Å². The summed E-state index contributed by atoms with van der Waals surface area (Å²) in [5, 5.41) is 5.30. The van der Waals surface area contributed by atoms with Crippen molar-refractivity contribution in [3.8, 4) is 0 Å². The Hall–Kier alpha value is -4.18. The molecule has 1 aromatic heterocycles. The van der Waals surface area contributed by atoms with Crippen LogP contribution in [0.25, 0.3) is 6.08 Å². The van der Waals surface area contributed by atoms with E-state index in [9.17, 15) is 22.8 Å². The molecule has 0 saturated carbocycles. The van der Waals surface area contributed by atoms with Crippen molar-refractivity contribution in [2.75, 3.05) is 48.3 Å². The fraction of sp³-hybridized carbons (Fsp3) is 0.276. The van der Waals surface area contributed by atoms with Crippen molar-refractivity contribution in [2.24, 2.45) is 0 Å². The van der Waals surface area contributed by atoms with Gasteiger partial charge in [-0.15, -0.1) is 0 Å². The average Bonchev–Trinajstić information content (AvgIpc) is 2.93. The number of carbonyl (C=O) groups excluding carboxylic acids is 2. The molecule has 0 spiro atoms. The van der Waals surface area contributed by atoms with E-state index in [0.29, 0.717) is 31.9 Å². The number of hydrogen-bond donors (Lipinski definition) is 2. The van der Waals surface area contributed by atoms with Gasteiger partial charge in [0.15, 0.2) is 0 Å². The van der Waals surface area contributed by atoms with Crippen LogP contribution in [0, 0.1) is 6.92 Å². The molecule has 204 valence electrons. The molecule has 1 aliphatic heterocycles. The van der Waals surface area contributed by atoms with Crippen LogP contribution in [0.4, 0.5) is 30.2 Å². The van der Waals surface area contributed by atoms with E-state index in [4.69, 9.17) is 0 Å². The van der Waals surface area contributed by atoms with Crippen molar-refractivity contribution in [1.29, 1.82) is 0 Å². The number of carbonyl (C=O) groups is 2. The number of rotatable bonds is 7. The van der Waals surface area contributed by atoms with Crippen molar-refractivity contribution < 1.29 is 22.8 Å². The van der Waals surface area contributed by atoms with E-state index < -0.39 is 23.6 Å². The van der Waals surface area contributed by atoms with Crippen molar-refractivity contribution in [2.45, 2.75) is 20.0 Å². The first-order valence-electron chi connectivity index (χ1n) is 12.6. The SMILES string of the molecule is CCN1CCN(c2ccc(NC(=O)c3ccc(C)c(NC(=O)/C=C/c4cccnc4)c3)cc2C(F)(F)F)CC1. The zero-order valence-electron chi connectivity index (χ0n) is 21.8. The molecule has 2 heterocycles. The van der Waals surface area contributed by atoms with E-state index in [1.165, 1.54) is 24.3 Å². The van der Waals surface area contributed by atoms with Crippen LogP contribution < -0.4 is 15.5 Å². The lowest BCUT2D eigenvalue weighted by atomic mass is 10.1. The number of nitrogens with zero attached hydrogens (tertiary/aromatic N) is 3. The molecule has 0 bridgehead atoms. The van der Waals surface area contributed by atoms with Gasteiger partial charge in [0.2, 0.25) is 5.91 Å². The van der Waals surface area contributed by atoms with Crippen LogP contribution in [0.15, 0.2) is 67.0 Å². The van der Waals surface area contributed by atoms with Crippen LogP contribution in [0.5, 0.6) is 0 Å². The number of hydrogen-bond acceptors (Lipinski definition) is 5. The summed E-state index contributed by atoms with van der Waals surface area (Å²) in [5.74, 6) is -0.987. The molecule has 7 nitrogen and oxygen atoms in total. The third-order valence-corrected chi connectivity index (χ3v) is 6.59. The summed E-state index contributed by atoms with van der Waals surface area (Å²) in [6, 6.07) is 12.1. The number of alkyl halides is 3. The van der Waals surface area contributed by atoms with Gasteiger partial charge in [0.05, 0.1) is 5.56 Å². The fourth-order valence-electron chi connectivity index (χ4n) is 4.34. The lowest BCUT2D eigenvalue weighted by molar-refractivity contribution is -0.137. The molecule has 39 heavy (non-hydrogen) atoms. The summed E-state index contributed by atoms with van der Waals surface area (Å²) in [6.07, 6.45) is 1.63. The normalized spacial score (nSPS) is 14.4. The molecule has 2 aromatic carbocycles. The van der Waals surface area contributed by atoms with Crippen LogP contribution in [0.3, 0.4) is 0 Å². The maximum absolute atomic E-state index is 14.0. The zero-order chi connectivity index (χ0) is 28.0. The number of anilines is 3. The van der Waals surface area contributed by atoms with Crippen molar-refractivity contribution in [3.05, 3.63) is 89.3 Å². The van der Waals surface area contributed by atoms with Crippen molar-refractivity contribution in [1.82, 2.24) is 9.88 Å². The number of nitrogens with one attached hydrogen (secondary N) is 2. The van der Waals surface area contributed by atoms with E-state index in [0.717, 1.165) is 23.7 Å². The standard InChI is InChI=1S/C29H30F3N5O2/c1-3-36-13-15-37(16-14-36)26-10-9-23(18-24(26)29(30,31)32)34-28(39)22-8-6-20(2)25(17-22)35-27(38)11-7-21-5-4-12-33-19-21/h4-12,17-19H,3,13-16H2,1-2H3,(H,34,39)(H,35,38)/b11-7+. The van der Waals surface area contributed by atoms with Gasteiger partial charge in [-0.05, 0) is 67.1 Å². The smallest absolute Gasteiger partial charge is 0.368 e. The van der Waals surface area contributed by atoms with Crippen LogP contribution in [-0.2, 0) is 11.0 Å². The van der Waals surface area contributed by atoms with Gasteiger partial charge in [-0.2, -0.15) is 13.2 Å². The van der Waals surface area contributed by atoms with E-state index in [1.54, 1.807) is 54.6 Å². The monoisotopic (exact) mass is 537 g/mol. The summed E-state index contributed by atoms with van der Waals surface area (Å²) < 4.78 is 41.9. The molecule has 0 aliphatic carbocycles. The van der Waals surface area contributed by atoms with E-state index in [1.807, 2.05) is 6.92 Å². The Balaban J connectivity index is 1.48. The van der Waals surface area contributed by atoms with Gasteiger partial charge in [0.1, 0.15) is 0 Å². The molecule has 2 N–H and O–H groups in total. The van der Waals surface area contributed by atoms with Gasteiger partial charge in [0, 0.05) is 67.3 Å². The van der Waals surface area contributed by atoms with Crippen molar-refractivity contribution >= 4 is 35.0 Å². The Morgan fingerprint density at radius 1 is 1.03 bits per heavy atom. The molecule has 0 unspecified atom stereocenters. The lowest BCUT2D eigenvalue weighted by Crippen LogP contribution is -2.46. The molecular weight excluding hydrogens is 507 g/mol. The Morgan fingerprint density at radius 3 is 2.46 bits per heavy atom. The maximum atomic E-state index is 14.0. The van der Waals surface area contributed by atoms with E-state index >= 15 is 0 Å². The van der Waals surface area contributed by atoms with E-state index in [2.05, 4.69) is 20.5 Å².